The summed E-state index contributed by atoms with van der Waals surface area (Å²) in [6.45, 7) is 5.83. The van der Waals surface area contributed by atoms with E-state index in [0.717, 1.165) is 38.5 Å². The lowest BCUT2D eigenvalue weighted by molar-refractivity contribution is -0.168. The van der Waals surface area contributed by atoms with Crippen molar-refractivity contribution < 1.29 is 19.1 Å². The first kappa shape index (κ1) is 17.2. The van der Waals surface area contributed by atoms with E-state index in [1.54, 1.807) is 0 Å². The summed E-state index contributed by atoms with van der Waals surface area (Å²) in [5.74, 6) is 1.78. The fraction of sp³-hybridized carbons (Fsp3) is 0.857. The third-order valence-electron chi connectivity index (χ3n) is 8.35. The van der Waals surface area contributed by atoms with Gasteiger partial charge in [0.1, 0.15) is 17.7 Å². The van der Waals surface area contributed by atoms with Crippen molar-refractivity contribution >= 4 is 17.5 Å². The Hall–Kier alpha value is -1.19. The zero-order valence-electron chi connectivity index (χ0n) is 15.7. The van der Waals surface area contributed by atoms with Crippen LogP contribution in [0.2, 0.25) is 0 Å². The van der Waals surface area contributed by atoms with Crippen LogP contribution in [0.3, 0.4) is 0 Å². The highest BCUT2D eigenvalue weighted by Crippen LogP contribution is 2.64. The molecular formula is C21H30O4. The first-order valence-corrected chi connectivity index (χ1v) is 9.99. The Morgan fingerprint density at radius 3 is 2.60 bits per heavy atom. The van der Waals surface area contributed by atoms with Gasteiger partial charge in [-0.05, 0) is 61.7 Å². The minimum Gasteiger partial charge on any atom is -0.463 e. The van der Waals surface area contributed by atoms with Crippen molar-refractivity contribution in [2.45, 2.75) is 78.2 Å². The van der Waals surface area contributed by atoms with E-state index in [4.69, 9.17) is 4.74 Å². The molecule has 4 fully saturated rings. The lowest BCUT2D eigenvalue weighted by Gasteiger charge is -2.59. The van der Waals surface area contributed by atoms with E-state index >= 15 is 0 Å². The summed E-state index contributed by atoms with van der Waals surface area (Å²) in [7, 11) is 0. The third kappa shape index (κ3) is 2.43. The number of fused-ring (bicyclic) bond motifs is 5. The molecule has 0 amide bonds. The molecule has 0 aromatic carbocycles. The second-order valence-corrected chi connectivity index (χ2v) is 9.56. The molecule has 0 bridgehead atoms. The Kier molecular flexibility index (Phi) is 3.90. The van der Waals surface area contributed by atoms with Crippen molar-refractivity contribution in [3.05, 3.63) is 0 Å². The fourth-order valence-corrected chi connectivity index (χ4v) is 7.15. The smallest absolute Gasteiger partial charge is 0.302 e. The number of hydrogen-bond donors (Lipinski definition) is 0. The lowest BCUT2D eigenvalue weighted by Crippen LogP contribution is -2.57. The molecule has 0 heterocycles. The maximum atomic E-state index is 13.2. The van der Waals surface area contributed by atoms with Crippen LogP contribution in [0, 0.1) is 34.5 Å². The molecule has 0 aliphatic heterocycles. The van der Waals surface area contributed by atoms with Gasteiger partial charge in [-0.25, -0.2) is 0 Å². The van der Waals surface area contributed by atoms with Crippen molar-refractivity contribution in [2.24, 2.45) is 34.5 Å². The maximum absolute atomic E-state index is 13.2. The van der Waals surface area contributed by atoms with Crippen LogP contribution in [-0.2, 0) is 19.1 Å². The molecule has 0 unspecified atom stereocenters. The molecule has 4 heteroatoms. The highest BCUT2D eigenvalue weighted by atomic mass is 16.5. The monoisotopic (exact) mass is 346 g/mol. The van der Waals surface area contributed by atoms with Gasteiger partial charge >= 0.3 is 5.97 Å². The quantitative estimate of drug-likeness (QED) is 0.679. The van der Waals surface area contributed by atoms with Gasteiger partial charge in [-0.2, -0.15) is 0 Å². The number of hydrogen-bond acceptors (Lipinski definition) is 4. The molecule has 0 aromatic rings. The van der Waals surface area contributed by atoms with Crippen molar-refractivity contribution in [1.82, 2.24) is 0 Å². The summed E-state index contributed by atoms with van der Waals surface area (Å²) in [5, 5.41) is 0. The number of esters is 1. The molecule has 4 aliphatic carbocycles. The van der Waals surface area contributed by atoms with Crippen molar-refractivity contribution in [1.29, 1.82) is 0 Å². The zero-order chi connectivity index (χ0) is 18.0. The fourth-order valence-electron chi connectivity index (χ4n) is 7.15. The normalized spacial score (nSPS) is 49.2. The molecule has 0 saturated heterocycles. The SMILES string of the molecule is CC(=O)O[C@@H]1CC[C@]2(C)[C@H](CC[C@H]3[C@H]2C(=O)C[C@@]2(C)C(=O)CC[C@@H]32)C1. The molecule has 7 atom stereocenters. The lowest BCUT2D eigenvalue weighted by atomic mass is 9.45. The Labute approximate surface area is 150 Å². The molecule has 4 nitrogen and oxygen atoms in total. The van der Waals surface area contributed by atoms with Crippen molar-refractivity contribution in [3.8, 4) is 0 Å². The van der Waals surface area contributed by atoms with E-state index in [9.17, 15) is 14.4 Å². The van der Waals surface area contributed by atoms with Crippen molar-refractivity contribution in [3.63, 3.8) is 0 Å². The highest BCUT2D eigenvalue weighted by Gasteiger charge is 2.63. The van der Waals surface area contributed by atoms with E-state index in [2.05, 4.69) is 6.92 Å². The molecule has 0 radical (unpaired) electrons. The van der Waals surface area contributed by atoms with E-state index < -0.39 is 5.41 Å². The Bertz CT molecular complexity index is 625. The number of Topliss-reactive ketones (excluding diaryl/α,β-unsaturated/α-hetero) is 2. The van der Waals surface area contributed by atoms with Gasteiger partial charge in [0.05, 0.1) is 0 Å². The van der Waals surface area contributed by atoms with Gasteiger partial charge in [-0.1, -0.05) is 13.8 Å². The Balaban J connectivity index is 1.60. The Morgan fingerprint density at radius 1 is 1.12 bits per heavy atom. The van der Waals surface area contributed by atoms with Crippen LogP contribution in [0.5, 0.6) is 0 Å². The molecule has 4 rings (SSSR count). The van der Waals surface area contributed by atoms with Gasteiger partial charge in [0.15, 0.2) is 0 Å². The predicted molar refractivity (Wildman–Crippen MR) is 92.7 cm³/mol. The van der Waals surface area contributed by atoms with Gasteiger partial charge in [-0.3, -0.25) is 14.4 Å². The molecule has 138 valence electrons. The standard InChI is InChI=1S/C21H30O4/c1-12(22)25-14-8-9-20(2)13(10-14)4-5-15-16-6-7-18(24)21(16,3)11-17(23)19(15)20/h13-16,19H,4-11H2,1-3H3/t13-,14-,15-,16+,19+,20-,21-/m1/s1. The number of ether oxygens (including phenoxy) is 1. The molecule has 4 saturated carbocycles. The maximum Gasteiger partial charge on any atom is 0.302 e. The summed E-state index contributed by atoms with van der Waals surface area (Å²) in [4.78, 5) is 37.0. The average Bonchev–Trinajstić information content (AvgIpc) is 2.82. The summed E-state index contributed by atoms with van der Waals surface area (Å²) < 4.78 is 5.48. The first-order chi connectivity index (χ1) is 11.8. The highest BCUT2D eigenvalue weighted by molar-refractivity contribution is 5.95. The molecule has 0 spiro atoms. The molecular weight excluding hydrogens is 316 g/mol. The largest absolute Gasteiger partial charge is 0.463 e. The van der Waals surface area contributed by atoms with Crippen LogP contribution in [0.1, 0.15) is 72.1 Å². The number of ketones is 2. The van der Waals surface area contributed by atoms with E-state index in [1.165, 1.54) is 6.92 Å². The van der Waals surface area contributed by atoms with Crippen LogP contribution in [0.25, 0.3) is 0 Å². The Morgan fingerprint density at radius 2 is 1.88 bits per heavy atom. The summed E-state index contributed by atoms with van der Waals surface area (Å²) >= 11 is 0. The molecule has 25 heavy (non-hydrogen) atoms. The van der Waals surface area contributed by atoms with E-state index in [1.807, 2.05) is 6.92 Å². The van der Waals surface area contributed by atoms with Gasteiger partial charge in [0, 0.05) is 31.1 Å². The zero-order valence-corrected chi connectivity index (χ0v) is 15.7. The minimum atomic E-state index is -0.392. The summed E-state index contributed by atoms with van der Waals surface area (Å²) in [5.41, 5.74) is -0.375. The van der Waals surface area contributed by atoms with E-state index in [-0.39, 0.29) is 23.4 Å². The molecule has 0 N–H and O–H groups in total. The van der Waals surface area contributed by atoms with Gasteiger partial charge < -0.3 is 4.74 Å². The average molecular weight is 346 g/mol. The number of carbonyl (C=O) groups excluding carboxylic acids is 3. The van der Waals surface area contributed by atoms with E-state index in [0.29, 0.717) is 42.2 Å². The molecule has 4 aliphatic rings. The molecule has 0 aromatic heterocycles. The van der Waals surface area contributed by atoms with Crippen LogP contribution in [0.15, 0.2) is 0 Å². The van der Waals surface area contributed by atoms with Crippen LogP contribution >= 0.6 is 0 Å². The second-order valence-electron chi connectivity index (χ2n) is 9.56. The number of carbonyl (C=O) groups is 3. The van der Waals surface area contributed by atoms with Crippen LogP contribution < -0.4 is 0 Å². The predicted octanol–water partition coefficient (Wildman–Crippen LogP) is 3.71. The number of rotatable bonds is 1. The summed E-state index contributed by atoms with van der Waals surface area (Å²) in [6.07, 6.45) is 6.97. The summed E-state index contributed by atoms with van der Waals surface area (Å²) in [6, 6.07) is 0. The first-order valence-electron chi connectivity index (χ1n) is 9.99. The third-order valence-corrected chi connectivity index (χ3v) is 8.35. The van der Waals surface area contributed by atoms with Gasteiger partial charge in [0.2, 0.25) is 0 Å². The second kappa shape index (κ2) is 5.65. The van der Waals surface area contributed by atoms with Gasteiger partial charge in [-0.15, -0.1) is 0 Å². The van der Waals surface area contributed by atoms with Crippen LogP contribution in [-0.4, -0.2) is 23.6 Å². The van der Waals surface area contributed by atoms with Crippen molar-refractivity contribution in [2.75, 3.05) is 0 Å². The van der Waals surface area contributed by atoms with Crippen LogP contribution in [0.4, 0.5) is 0 Å². The topological polar surface area (TPSA) is 60.4 Å². The van der Waals surface area contributed by atoms with Gasteiger partial charge in [0.25, 0.3) is 0 Å². The minimum absolute atomic E-state index is 0.0175.